The van der Waals surface area contributed by atoms with Gasteiger partial charge in [0.1, 0.15) is 0 Å². The standard InChI is InChI=1S/C12H25N3O/c1-12(2,3)16-9-8-15-6-4-10(5-7-15)11(13)14/h10H,4-9H2,1-3H3,(H3,13,14). The van der Waals surface area contributed by atoms with Crippen LogP contribution in [-0.2, 0) is 4.74 Å². The van der Waals surface area contributed by atoms with Gasteiger partial charge in [0.05, 0.1) is 18.0 Å². The summed E-state index contributed by atoms with van der Waals surface area (Å²) in [6.07, 6.45) is 2.04. The predicted molar refractivity (Wildman–Crippen MR) is 66.8 cm³/mol. The van der Waals surface area contributed by atoms with Crippen molar-refractivity contribution in [1.82, 2.24) is 4.90 Å². The number of piperidine rings is 1. The molecule has 1 heterocycles. The zero-order chi connectivity index (χ0) is 12.2. The van der Waals surface area contributed by atoms with Crippen LogP contribution in [0.3, 0.4) is 0 Å². The maximum atomic E-state index is 7.41. The highest BCUT2D eigenvalue weighted by molar-refractivity contribution is 5.79. The van der Waals surface area contributed by atoms with Gasteiger partial charge in [-0.25, -0.2) is 0 Å². The Morgan fingerprint density at radius 3 is 2.38 bits per heavy atom. The van der Waals surface area contributed by atoms with Gasteiger partial charge in [-0.1, -0.05) is 0 Å². The number of hydrogen-bond donors (Lipinski definition) is 2. The van der Waals surface area contributed by atoms with Crippen LogP contribution in [0.5, 0.6) is 0 Å². The molecule has 0 spiro atoms. The lowest BCUT2D eigenvalue weighted by atomic mass is 9.96. The molecule has 1 fully saturated rings. The molecule has 3 N–H and O–H groups in total. The number of nitrogens with one attached hydrogen (secondary N) is 1. The molecule has 0 aromatic rings. The SMILES string of the molecule is CC(C)(C)OCCN1CCC(C(=N)N)CC1. The van der Waals surface area contributed by atoms with Crippen molar-refractivity contribution in [3.05, 3.63) is 0 Å². The highest BCUT2D eigenvalue weighted by atomic mass is 16.5. The van der Waals surface area contributed by atoms with E-state index in [0.717, 1.165) is 39.1 Å². The molecule has 0 aliphatic carbocycles. The Labute approximate surface area is 98.6 Å². The number of ether oxygens (including phenoxy) is 1. The van der Waals surface area contributed by atoms with Gasteiger partial charge in [0, 0.05) is 12.5 Å². The van der Waals surface area contributed by atoms with Crippen molar-refractivity contribution >= 4 is 5.84 Å². The zero-order valence-electron chi connectivity index (χ0n) is 10.8. The fraction of sp³-hybridized carbons (Fsp3) is 0.917. The van der Waals surface area contributed by atoms with Gasteiger partial charge < -0.3 is 15.4 Å². The van der Waals surface area contributed by atoms with E-state index in [1.165, 1.54) is 0 Å². The van der Waals surface area contributed by atoms with Gasteiger partial charge in [-0.2, -0.15) is 0 Å². The molecular formula is C12H25N3O. The summed E-state index contributed by atoms with van der Waals surface area (Å²) in [4.78, 5) is 2.39. The average molecular weight is 227 g/mol. The van der Waals surface area contributed by atoms with Crippen LogP contribution in [0.4, 0.5) is 0 Å². The van der Waals surface area contributed by atoms with Crippen molar-refractivity contribution in [3.8, 4) is 0 Å². The highest BCUT2D eigenvalue weighted by Gasteiger charge is 2.21. The van der Waals surface area contributed by atoms with E-state index < -0.39 is 0 Å². The zero-order valence-corrected chi connectivity index (χ0v) is 10.8. The van der Waals surface area contributed by atoms with Gasteiger partial charge in [-0.3, -0.25) is 5.41 Å². The second kappa shape index (κ2) is 5.64. The van der Waals surface area contributed by atoms with Gasteiger partial charge >= 0.3 is 0 Å². The highest BCUT2D eigenvalue weighted by Crippen LogP contribution is 2.16. The van der Waals surface area contributed by atoms with Crippen molar-refractivity contribution in [2.45, 2.75) is 39.2 Å². The van der Waals surface area contributed by atoms with Crippen molar-refractivity contribution in [2.75, 3.05) is 26.2 Å². The van der Waals surface area contributed by atoms with Crippen LogP contribution < -0.4 is 5.73 Å². The number of nitrogens with two attached hydrogens (primary N) is 1. The topological polar surface area (TPSA) is 62.3 Å². The van der Waals surface area contributed by atoms with E-state index in [-0.39, 0.29) is 5.60 Å². The molecule has 1 saturated heterocycles. The number of likely N-dealkylation sites (tertiary alicyclic amines) is 1. The van der Waals surface area contributed by atoms with Gasteiger partial charge in [-0.05, 0) is 46.7 Å². The van der Waals surface area contributed by atoms with E-state index in [1.54, 1.807) is 0 Å². The molecule has 0 atom stereocenters. The fourth-order valence-electron chi connectivity index (χ4n) is 1.95. The molecule has 4 heteroatoms. The summed E-state index contributed by atoms with van der Waals surface area (Å²) in [5.74, 6) is 0.658. The van der Waals surface area contributed by atoms with Crippen LogP contribution in [0, 0.1) is 11.3 Å². The fourth-order valence-corrected chi connectivity index (χ4v) is 1.95. The summed E-state index contributed by atoms with van der Waals surface area (Å²) in [5, 5.41) is 7.41. The molecule has 0 unspecified atom stereocenters. The van der Waals surface area contributed by atoms with Crippen molar-refractivity contribution < 1.29 is 4.74 Å². The smallest absolute Gasteiger partial charge is 0.0937 e. The Morgan fingerprint density at radius 2 is 1.94 bits per heavy atom. The molecule has 1 aliphatic heterocycles. The quantitative estimate of drug-likeness (QED) is 0.564. The molecule has 16 heavy (non-hydrogen) atoms. The first-order valence-corrected chi connectivity index (χ1v) is 6.09. The van der Waals surface area contributed by atoms with Gasteiger partial charge in [-0.15, -0.1) is 0 Å². The monoisotopic (exact) mass is 227 g/mol. The summed E-state index contributed by atoms with van der Waals surface area (Å²) < 4.78 is 5.70. The number of hydrogen-bond acceptors (Lipinski definition) is 3. The van der Waals surface area contributed by atoms with Crippen LogP contribution in [0.15, 0.2) is 0 Å². The molecule has 0 radical (unpaired) electrons. The van der Waals surface area contributed by atoms with E-state index in [2.05, 4.69) is 25.7 Å². The average Bonchev–Trinajstić information content (AvgIpc) is 2.16. The van der Waals surface area contributed by atoms with Gasteiger partial charge in [0.15, 0.2) is 0 Å². The van der Waals surface area contributed by atoms with Crippen molar-refractivity contribution in [1.29, 1.82) is 5.41 Å². The molecule has 0 amide bonds. The predicted octanol–water partition coefficient (Wildman–Crippen LogP) is 1.45. The third kappa shape index (κ3) is 4.94. The number of nitrogens with zero attached hydrogens (tertiary/aromatic N) is 1. The van der Waals surface area contributed by atoms with Crippen LogP contribution in [-0.4, -0.2) is 42.6 Å². The second-order valence-corrected chi connectivity index (χ2v) is 5.53. The maximum absolute atomic E-state index is 7.41. The van der Waals surface area contributed by atoms with E-state index in [4.69, 9.17) is 15.9 Å². The Kier molecular flexibility index (Phi) is 4.74. The molecule has 0 saturated carbocycles. The van der Waals surface area contributed by atoms with E-state index in [9.17, 15) is 0 Å². The summed E-state index contributed by atoms with van der Waals surface area (Å²) in [7, 11) is 0. The first kappa shape index (κ1) is 13.5. The second-order valence-electron chi connectivity index (χ2n) is 5.53. The van der Waals surface area contributed by atoms with Crippen molar-refractivity contribution in [3.63, 3.8) is 0 Å². The Bertz CT molecular complexity index is 227. The van der Waals surface area contributed by atoms with E-state index in [1.807, 2.05) is 0 Å². The molecule has 1 rings (SSSR count). The van der Waals surface area contributed by atoms with Crippen LogP contribution >= 0.6 is 0 Å². The first-order valence-electron chi connectivity index (χ1n) is 6.09. The van der Waals surface area contributed by atoms with Gasteiger partial charge in [0.25, 0.3) is 0 Å². The number of amidine groups is 1. The van der Waals surface area contributed by atoms with Crippen molar-refractivity contribution in [2.24, 2.45) is 11.7 Å². The van der Waals surface area contributed by atoms with Crippen LogP contribution in [0.1, 0.15) is 33.6 Å². The molecule has 0 bridgehead atoms. The van der Waals surface area contributed by atoms with Gasteiger partial charge in [0.2, 0.25) is 0 Å². The summed E-state index contributed by atoms with van der Waals surface area (Å²) in [6.45, 7) is 10.1. The molecule has 1 aliphatic rings. The molecular weight excluding hydrogens is 202 g/mol. The summed E-state index contributed by atoms with van der Waals surface area (Å²) in [5.41, 5.74) is 5.47. The molecule has 94 valence electrons. The lowest BCUT2D eigenvalue weighted by Crippen LogP contribution is -2.40. The van der Waals surface area contributed by atoms with E-state index >= 15 is 0 Å². The first-order chi connectivity index (χ1) is 7.38. The molecule has 4 nitrogen and oxygen atoms in total. The van der Waals surface area contributed by atoms with E-state index in [0.29, 0.717) is 11.8 Å². The van der Waals surface area contributed by atoms with Crippen LogP contribution in [0.25, 0.3) is 0 Å². The maximum Gasteiger partial charge on any atom is 0.0937 e. The minimum Gasteiger partial charge on any atom is -0.387 e. The minimum absolute atomic E-state index is 0.0439. The summed E-state index contributed by atoms with van der Waals surface area (Å²) >= 11 is 0. The van der Waals surface area contributed by atoms with Crippen LogP contribution in [0.2, 0.25) is 0 Å². The Morgan fingerprint density at radius 1 is 1.38 bits per heavy atom. The Balaban J connectivity index is 2.15. The normalized spacial score (nSPS) is 19.9. The lowest BCUT2D eigenvalue weighted by molar-refractivity contribution is -0.0153. The third-order valence-corrected chi connectivity index (χ3v) is 2.97. The Hall–Kier alpha value is -0.610. The molecule has 0 aromatic heterocycles. The number of rotatable bonds is 4. The largest absolute Gasteiger partial charge is 0.387 e. The molecule has 0 aromatic carbocycles. The lowest BCUT2D eigenvalue weighted by Gasteiger charge is -2.32. The minimum atomic E-state index is -0.0439. The third-order valence-electron chi connectivity index (χ3n) is 2.97. The summed E-state index contributed by atoms with van der Waals surface area (Å²) in [6, 6.07) is 0.